The van der Waals surface area contributed by atoms with Crippen LogP contribution in [0, 0.1) is 0 Å². The highest BCUT2D eigenvalue weighted by molar-refractivity contribution is 5.37. The highest BCUT2D eigenvalue weighted by atomic mass is 19.1. The molecule has 1 aromatic rings. The van der Waals surface area contributed by atoms with Gasteiger partial charge in [-0.05, 0) is 30.6 Å². The molecule has 23 heavy (non-hydrogen) atoms. The van der Waals surface area contributed by atoms with Crippen LogP contribution in [0.4, 0.5) is 8.78 Å². The third kappa shape index (κ3) is 5.60. The van der Waals surface area contributed by atoms with E-state index < -0.39 is 11.6 Å². The van der Waals surface area contributed by atoms with Gasteiger partial charge in [-0.3, -0.25) is 0 Å². The summed E-state index contributed by atoms with van der Waals surface area (Å²) in [5, 5.41) is 0. The number of allylic oxidation sites excluding steroid dienone is 4. The molecular weight excluding hydrogens is 290 g/mol. The summed E-state index contributed by atoms with van der Waals surface area (Å²) in [6.07, 6.45) is 12.8. The van der Waals surface area contributed by atoms with Gasteiger partial charge in [0.05, 0.1) is 5.92 Å². The maximum absolute atomic E-state index is 14.7. The Morgan fingerprint density at radius 3 is 2.26 bits per heavy atom. The predicted octanol–water partition coefficient (Wildman–Crippen LogP) is 7.04. The van der Waals surface area contributed by atoms with Crippen molar-refractivity contribution in [3.63, 3.8) is 0 Å². The summed E-state index contributed by atoms with van der Waals surface area (Å²) >= 11 is 0. The standard InChI is InChI=1S/C21H28F2/c1-2-3-4-5-6-7-11-15-21(23)16-14-19(20(22)17-21)18-12-9-8-10-13-18/h8-10,12-14,16-17,19H,2-7,11,15H2,1H3. The second kappa shape index (κ2) is 9.00. The lowest BCUT2D eigenvalue weighted by Crippen LogP contribution is -2.21. The van der Waals surface area contributed by atoms with E-state index >= 15 is 0 Å². The van der Waals surface area contributed by atoms with Crippen molar-refractivity contribution < 1.29 is 8.78 Å². The van der Waals surface area contributed by atoms with Gasteiger partial charge in [-0.1, -0.05) is 81.9 Å². The van der Waals surface area contributed by atoms with Gasteiger partial charge in [0.25, 0.3) is 0 Å². The molecule has 0 saturated carbocycles. The lowest BCUT2D eigenvalue weighted by Gasteiger charge is -2.25. The molecule has 0 nitrogen and oxygen atoms in total. The molecule has 0 N–H and O–H groups in total. The van der Waals surface area contributed by atoms with E-state index in [9.17, 15) is 8.78 Å². The quantitative estimate of drug-likeness (QED) is 0.338. The maximum atomic E-state index is 14.7. The molecule has 2 unspecified atom stereocenters. The zero-order valence-corrected chi connectivity index (χ0v) is 14.1. The highest BCUT2D eigenvalue weighted by Crippen LogP contribution is 2.37. The maximum Gasteiger partial charge on any atom is 0.150 e. The van der Waals surface area contributed by atoms with E-state index in [-0.39, 0.29) is 5.83 Å². The Morgan fingerprint density at radius 1 is 0.957 bits per heavy atom. The van der Waals surface area contributed by atoms with E-state index in [2.05, 4.69) is 6.92 Å². The summed E-state index contributed by atoms with van der Waals surface area (Å²) in [5.74, 6) is -0.807. The molecule has 0 aromatic heterocycles. The first-order chi connectivity index (χ1) is 11.1. The topological polar surface area (TPSA) is 0 Å². The Balaban J connectivity index is 1.80. The Kier molecular flexibility index (Phi) is 7.01. The summed E-state index contributed by atoms with van der Waals surface area (Å²) in [6.45, 7) is 2.20. The molecule has 1 aliphatic carbocycles. The van der Waals surface area contributed by atoms with Crippen LogP contribution in [-0.2, 0) is 0 Å². The van der Waals surface area contributed by atoms with Gasteiger partial charge in [0.2, 0.25) is 0 Å². The van der Waals surface area contributed by atoms with Crippen molar-refractivity contribution >= 4 is 0 Å². The van der Waals surface area contributed by atoms with Crippen LogP contribution < -0.4 is 0 Å². The van der Waals surface area contributed by atoms with Crippen LogP contribution in [0.2, 0.25) is 0 Å². The lowest BCUT2D eigenvalue weighted by molar-refractivity contribution is 0.259. The van der Waals surface area contributed by atoms with Crippen molar-refractivity contribution in [3.05, 3.63) is 60.0 Å². The van der Waals surface area contributed by atoms with Crippen LogP contribution in [-0.4, -0.2) is 5.67 Å². The van der Waals surface area contributed by atoms with Gasteiger partial charge < -0.3 is 0 Å². The van der Waals surface area contributed by atoms with E-state index in [0.717, 1.165) is 24.8 Å². The number of unbranched alkanes of at least 4 members (excludes halogenated alkanes) is 6. The molecule has 0 heterocycles. The molecule has 0 saturated heterocycles. The summed E-state index contributed by atoms with van der Waals surface area (Å²) in [6, 6.07) is 9.42. The molecule has 1 aliphatic rings. The van der Waals surface area contributed by atoms with Gasteiger partial charge in [0.15, 0.2) is 0 Å². The van der Waals surface area contributed by atoms with Gasteiger partial charge in [0, 0.05) is 0 Å². The number of benzene rings is 1. The minimum atomic E-state index is -1.61. The zero-order valence-electron chi connectivity index (χ0n) is 14.1. The van der Waals surface area contributed by atoms with E-state index in [0.29, 0.717) is 6.42 Å². The summed E-state index contributed by atoms with van der Waals surface area (Å²) in [4.78, 5) is 0. The minimum absolute atomic E-state index is 0.371. The monoisotopic (exact) mass is 318 g/mol. The van der Waals surface area contributed by atoms with Crippen molar-refractivity contribution in [2.45, 2.75) is 69.9 Å². The Hall–Kier alpha value is -1.44. The Labute approximate surface area is 139 Å². The number of hydrogen-bond acceptors (Lipinski definition) is 0. The average molecular weight is 318 g/mol. The SMILES string of the molecule is CCCCCCCCCC1(F)C=CC(c2ccccc2)C(F)=C1. The fraction of sp³-hybridized carbons (Fsp3) is 0.524. The van der Waals surface area contributed by atoms with Crippen molar-refractivity contribution in [1.82, 2.24) is 0 Å². The molecule has 1 aromatic carbocycles. The van der Waals surface area contributed by atoms with E-state index in [1.54, 1.807) is 12.2 Å². The lowest BCUT2D eigenvalue weighted by atomic mass is 9.85. The van der Waals surface area contributed by atoms with Crippen LogP contribution in [0.1, 0.15) is 69.8 Å². The molecule has 2 rings (SSSR count). The summed E-state index contributed by atoms with van der Waals surface area (Å²) in [5.41, 5.74) is -0.742. The number of halogens is 2. The largest absolute Gasteiger partial charge is 0.235 e. The van der Waals surface area contributed by atoms with Crippen LogP contribution in [0.15, 0.2) is 54.4 Å². The normalized spacial score (nSPS) is 23.8. The molecule has 0 radical (unpaired) electrons. The molecule has 0 amide bonds. The first kappa shape index (κ1) is 17.9. The fourth-order valence-electron chi connectivity index (χ4n) is 3.15. The van der Waals surface area contributed by atoms with Crippen molar-refractivity contribution in [2.24, 2.45) is 0 Å². The van der Waals surface area contributed by atoms with Crippen LogP contribution in [0.5, 0.6) is 0 Å². The first-order valence-electron chi connectivity index (χ1n) is 8.96. The van der Waals surface area contributed by atoms with Crippen molar-refractivity contribution in [1.29, 1.82) is 0 Å². The Morgan fingerprint density at radius 2 is 1.61 bits per heavy atom. The van der Waals surface area contributed by atoms with Gasteiger partial charge in [-0.25, -0.2) is 8.78 Å². The minimum Gasteiger partial charge on any atom is -0.235 e. The van der Waals surface area contributed by atoms with Gasteiger partial charge in [0.1, 0.15) is 11.5 Å². The number of alkyl halides is 1. The molecule has 126 valence electrons. The smallest absolute Gasteiger partial charge is 0.150 e. The zero-order chi connectivity index (χ0) is 16.5. The molecule has 0 fully saturated rings. The number of hydrogen-bond donors (Lipinski definition) is 0. The van der Waals surface area contributed by atoms with Crippen LogP contribution in [0.3, 0.4) is 0 Å². The first-order valence-corrected chi connectivity index (χ1v) is 8.96. The van der Waals surface area contributed by atoms with Crippen LogP contribution >= 0.6 is 0 Å². The molecule has 0 aliphatic heterocycles. The van der Waals surface area contributed by atoms with Crippen LogP contribution in [0.25, 0.3) is 0 Å². The van der Waals surface area contributed by atoms with Crippen molar-refractivity contribution in [2.75, 3.05) is 0 Å². The van der Waals surface area contributed by atoms with E-state index in [1.165, 1.54) is 31.8 Å². The third-order valence-corrected chi connectivity index (χ3v) is 4.56. The molecule has 0 bridgehead atoms. The fourth-order valence-corrected chi connectivity index (χ4v) is 3.15. The summed E-state index contributed by atoms with van der Waals surface area (Å²) in [7, 11) is 0. The van der Waals surface area contributed by atoms with E-state index in [4.69, 9.17) is 0 Å². The second-order valence-corrected chi connectivity index (χ2v) is 6.57. The molecule has 2 atom stereocenters. The molecule has 0 spiro atoms. The van der Waals surface area contributed by atoms with Crippen molar-refractivity contribution in [3.8, 4) is 0 Å². The van der Waals surface area contributed by atoms with E-state index in [1.807, 2.05) is 30.3 Å². The van der Waals surface area contributed by atoms with Gasteiger partial charge in [-0.15, -0.1) is 0 Å². The average Bonchev–Trinajstić information content (AvgIpc) is 2.55. The summed E-state index contributed by atoms with van der Waals surface area (Å²) < 4.78 is 29.1. The predicted molar refractivity (Wildman–Crippen MR) is 94.0 cm³/mol. The second-order valence-electron chi connectivity index (χ2n) is 6.57. The molecule has 2 heteroatoms. The van der Waals surface area contributed by atoms with Gasteiger partial charge in [-0.2, -0.15) is 0 Å². The Bertz CT molecular complexity index is 518. The molecular formula is C21H28F2. The number of rotatable bonds is 9. The van der Waals surface area contributed by atoms with Gasteiger partial charge >= 0.3 is 0 Å². The highest BCUT2D eigenvalue weighted by Gasteiger charge is 2.30. The third-order valence-electron chi connectivity index (χ3n) is 4.56.